The second kappa shape index (κ2) is 4.73. The second-order valence-corrected chi connectivity index (χ2v) is 0.575. The molecule has 0 saturated carbocycles. The first-order chi connectivity index (χ1) is 1.73. The Morgan fingerprint density at radius 1 is 1.00 bits per heavy atom. The van der Waals surface area contributed by atoms with E-state index in [1.54, 1.807) is 0 Å². The first kappa shape index (κ1) is 9.21. The molecule has 0 atom stereocenters. The van der Waals surface area contributed by atoms with E-state index in [1.807, 2.05) is 0 Å². The summed E-state index contributed by atoms with van der Waals surface area (Å²) >= 11 is 0. The smallest absolute Gasteiger partial charge is 0.152 e. The molecule has 0 aliphatic carbocycles. The number of hydrogen-bond donors (Lipinski definition) is 0. The van der Waals surface area contributed by atoms with Crippen LogP contribution in [0.4, 0.5) is 12.6 Å². The van der Waals surface area contributed by atoms with E-state index < -0.39 is 8.85 Å². The molecule has 0 unspecified atom stereocenters. The average molecular weight is 147 g/mol. The molecule has 0 aromatic heterocycles. The van der Waals surface area contributed by atoms with Crippen LogP contribution in [-0.4, -0.2) is 0 Å². The minimum absolute atomic E-state index is 0. The summed E-state index contributed by atoms with van der Waals surface area (Å²) in [5.41, 5.74) is 0. The molecule has 0 aromatic rings. The fourth-order valence-electron chi connectivity index (χ4n) is 0. The van der Waals surface area contributed by atoms with Crippen LogP contribution in [0.25, 0.3) is 0 Å². The van der Waals surface area contributed by atoms with Crippen molar-refractivity contribution in [2.24, 2.45) is 0 Å². The monoisotopic (exact) mass is 147 g/mol. The number of rotatable bonds is 0. The minimum Gasteiger partial charge on any atom is -0.152 e. The van der Waals surface area contributed by atoms with E-state index in [4.69, 9.17) is 0 Å². The van der Waals surface area contributed by atoms with Crippen LogP contribution < -0.4 is 0 Å². The third kappa shape index (κ3) is 66.6. The van der Waals surface area contributed by atoms with E-state index in [1.165, 1.54) is 0 Å². The summed E-state index contributed by atoms with van der Waals surface area (Å²) < 4.78 is 29.2. The van der Waals surface area contributed by atoms with E-state index in [2.05, 4.69) is 0 Å². The molecule has 5 heavy (non-hydrogen) atoms. The SMILES string of the molecule is FP(F)F.[Co]. The van der Waals surface area contributed by atoms with Crippen molar-refractivity contribution in [1.82, 2.24) is 0 Å². The predicted octanol–water partition coefficient (Wildman–Crippen LogP) is 2.12. The van der Waals surface area contributed by atoms with Gasteiger partial charge in [-0.25, -0.2) is 0 Å². The molecule has 0 nitrogen and oxygen atoms in total. The molecule has 0 bridgehead atoms. The van der Waals surface area contributed by atoms with Gasteiger partial charge in [0.25, 0.3) is 0 Å². The first-order valence-corrected chi connectivity index (χ1v) is 1.52. The standard InChI is InChI=1S/Co.F3P/c;1-4(2)3. The second-order valence-electron chi connectivity index (χ2n) is 0.192. The van der Waals surface area contributed by atoms with Gasteiger partial charge in [-0.05, 0) is 0 Å². The Bertz CT molecular complexity index is 11.6. The Morgan fingerprint density at radius 2 is 1.00 bits per heavy atom. The summed E-state index contributed by atoms with van der Waals surface area (Å²) in [5, 5.41) is 0. The van der Waals surface area contributed by atoms with E-state index in [0.29, 0.717) is 0 Å². The molecule has 0 N–H and O–H groups in total. The molecule has 0 aliphatic rings. The summed E-state index contributed by atoms with van der Waals surface area (Å²) in [6.07, 6.45) is 0. The van der Waals surface area contributed by atoms with Crippen molar-refractivity contribution in [3.05, 3.63) is 0 Å². The summed E-state index contributed by atoms with van der Waals surface area (Å²) in [6, 6.07) is 0. The van der Waals surface area contributed by atoms with Gasteiger partial charge in [-0.1, -0.05) is 0 Å². The summed E-state index contributed by atoms with van der Waals surface area (Å²) in [7, 11) is -4.12. The van der Waals surface area contributed by atoms with Crippen LogP contribution in [0.2, 0.25) is 0 Å². The molecular formula is CoF3P. The molecule has 0 heterocycles. The number of hydrogen-bond acceptors (Lipinski definition) is 0. The van der Waals surface area contributed by atoms with Crippen molar-refractivity contribution in [3.8, 4) is 0 Å². The molecule has 0 amide bonds. The van der Waals surface area contributed by atoms with Crippen LogP contribution >= 0.6 is 8.85 Å². The molecule has 0 aliphatic heterocycles. The van der Waals surface area contributed by atoms with Gasteiger partial charge in [0.2, 0.25) is 0 Å². The Hall–Kier alpha value is 0.726. The molecule has 0 fully saturated rings. The zero-order valence-electron chi connectivity index (χ0n) is 1.91. The molecule has 35 valence electrons. The van der Waals surface area contributed by atoms with Crippen LogP contribution in [0.1, 0.15) is 0 Å². The molecule has 1 radical (unpaired) electrons. The van der Waals surface area contributed by atoms with Crippen LogP contribution in [0.15, 0.2) is 0 Å². The first-order valence-electron chi connectivity index (χ1n) is 0.507. The van der Waals surface area contributed by atoms with E-state index >= 15 is 0 Å². The van der Waals surface area contributed by atoms with E-state index in [-0.39, 0.29) is 16.8 Å². The average Bonchev–Trinajstić information content (AvgIpc) is 0.811. The minimum atomic E-state index is -4.12. The van der Waals surface area contributed by atoms with Gasteiger partial charge in [-0.3, -0.25) is 0 Å². The van der Waals surface area contributed by atoms with Gasteiger partial charge in [-0.15, -0.1) is 0 Å². The Morgan fingerprint density at radius 3 is 1.00 bits per heavy atom. The Labute approximate surface area is 39.1 Å². The summed E-state index contributed by atoms with van der Waals surface area (Å²) in [4.78, 5) is 0. The van der Waals surface area contributed by atoms with Gasteiger partial charge >= 0.3 is 8.85 Å². The normalized spacial score (nSPS) is 7.20. The van der Waals surface area contributed by atoms with Gasteiger partial charge in [0.05, 0.1) is 0 Å². The molecule has 0 spiro atoms. The predicted molar refractivity (Wildman–Crippen MR) is 10.2 cm³/mol. The van der Waals surface area contributed by atoms with Gasteiger partial charge in [0.1, 0.15) is 0 Å². The zero-order valence-corrected chi connectivity index (χ0v) is 3.85. The fourth-order valence-corrected chi connectivity index (χ4v) is 0. The largest absolute Gasteiger partial charge is 0.456 e. The quantitative estimate of drug-likeness (QED) is 0.460. The maximum Gasteiger partial charge on any atom is 0.456 e. The van der Waals surface area contributed by atoms with E-state index in [0.717, 1.165) is 0 Å². The summed E-state index contributed by atoms with van der Waals surface area (Å²) in [5.74, 6) is 0. The van der Waals surface area contributed by atoms with Crippen molar-refractivity contribution in [2.75, 3.05) is 0 Å². The van der Waals surface area contributed by atoms with Crippen molar-refractivity contribution in [2.45, 2.75) is 0 Å². The molecule has 0 aromatic carbocycles. The van der Waals surface area contributed by atoms with Gasteiger partial charge < -0.3 is 0 Å². The van der Waals surface area contributed by atoms with Gasteiger partial charge in [0.15, 0.2) is 0 Å². The van der Waals surface area contributed by atoms with Gasteiger partial charge in [-0.2, -0.15) is 12.6 Å². The molecular weight excluding hydrogens is 147 g/mol. The van der Waals surface area contributed by atoms with Crippen LogP contribution in [-0.2, 0) is 16.8 Å². The summed E-state index contributed by atoms with van der Waals surface area (Å²) in [6.45, 7) is 0. The Balaban J connectivity index is 0. The van der Waals surface area contributed by atoms with Crippen molar-refractivity contribution >= 4 is 8.85 Å². The molecule has 0 rings (SSSR count). The third-order valence-corrected chi connectivity index (χ3v) is 0. The van der Waals surface area contributed by atoms with Crippen LogP contribution in [0, 0.1) is 0 Å². The van der Waals surface area contributed by atoms with E-state index in [9.17, 15) is 12.6 Å². The zero-order chi connectivity index (χ0) is 3.58. The maximum absolute atomic E-state index is 9.73. The van der Waals surface area contributed by atoms with Crippen molar-refractivity contribution < 1.29 is 29.4 Å². The fraction of sp³-hybridized carbons (Fsp3) is 0. The molecule has 0 saturated heterocycles. The Kier molecular flexibility index (Phi) is 8.71. The number of halogens is 3. The van der Waals surface area contributed by atoms with Gasteiger partial charge in [0, 0.05) is 16.8 Å². The topological polar surface area (TPSA) is 0 Å². The third-order valence-electron chi connectivity index (χ3n) is 0. The van der Waals surface area contributed by atoms with Crippen molar-refractivity contribution in [1.29, 1.82) is 0 Å². The van der Waals surface area contributed by atoms with Crippen LogP contribution in [0.3, 0.4) is 0 Å². The maximum atomic E-state index is 9.73. The van der Waals surface area contributed by atoms with Crippen LogP contribution in [0.5, 0.6) is 0 Å². The van der Waals surface area contributed by atoms with Crippen molar-refractivity contribution in [3.63, 3.8) is 0 Å². The molecule has 5 heteroatoms.